The Morgan fingerprint density at radius 1 is 1.17 bits per heavy atom. The number of amides is 1. The topological polar surface area (TPSA) is 90.5 Å². The molecular formula is C14H17N3O4RaS. The first-order valence-corrected chi connectivity index (χ1v) is 12.0. The average Bonchev–Trinajstić information content (AvgIpc) is 2.85. The van der Waals surface area contributed by atoms with Gasteiger partial charge in [-0.3, -0.25) is 0 Å². The molecule has 0 unspecified atom stereocenters. The molecule has 9 heteroatoms. The Hall–Kier alpha value is -0.722. The van der Waals surface area contributed by atoms with Gasteiger partial charge in [0.15, 0.2) is 0 Å². The van der Waals surface area contributed by atoms with Crippen molar-refractivity contribution in [3.05, 3.63) is 29.5 Å². The van der Waals surface area contributed by atoms with Crippen molar-refractivity contribution >= 4 is 32.6 Å². The van der Waals surface area contributed by atoms with E-state index in [0.717, 1.165) is 4.31 Å². The third kappa shape index (κ3) is 3.39. The SMILES string of the molecule is CC(=O)c1[nH]c2ccc(C(=O)[N](C)[RaH])cc2c1S(=O)(=O)N(C)C. The molecule has 0 aliphatic heterocycles. The summed E-state index contributed by atoms with van der Waals surface area (Å²) in [5.74, 6) is -0.518. The van der Waals surface area contributed by atoms with Gasteiger partial charge in [-0.25, -0.2) is 0 Å². The molecule has 0 saturated heterocycles. The van der Waals surface area contributed by atoms with Crippen LogP contribution >= 0.6 is 0 Å². The molecule has 1 aromatic heterocycles. The van der Waals surface area contributed by atoms with Crippen LogP contribution in [0.15, 0.2) is 23.1 Å². The number of carbonyl (C=O) groups is 2. The summed E-state index contributed by atoms with van der Waals surface area (Å²) in [6.07, 6.45) is 0. The Balaban J connectivity index is 2.86. The van der Waals surface area contributed by atoms with Crippen molar-refractivity contribution in [1.29, 1.82) is 0 Å². The number of hydrogen-bond acceptors (Lipinski definition) is 4. The van der Waals surface area contributed by atoms with E-state index < -0.39 is 10.0 Å². The predicted octanol–water partition coefficient (Wildman–Crippen LogP) is 0.889. The monoisotopic (exact) mass is 549 g/mol. The standard InChI is InChI=1S/C14H17N3O4S.Ra.H/c1-8(18)12-13(22(20,21)17(3)4)10-7-9(14(19)15-2)5-6-11(10)16-12;;/h5-7H,1-4H3,(H2,15,16,18,19);;/q;+1;/p-1. The van der Waals surface area contributed by atoms with Gasteiger partial charge in [0.05, 0.1) is 0 Å². The van der Waals surface area contributed by atoms with Gasteiger partial charge < -0.3 is 0 Å². The molecule has 0 spiro atoms. The quantitative estimate of drug-likeness (QED) is 0.574. The molecule has 0 fully saturated rings. The maximum atomic E-state index is 12.6. The van der Waals surface area contributed by atoms with Crippen LogP contribution in [0.4, 0.5) is 0 Å². The van der Waals surface area contributed by atoms with Crippen LogP contribution in [0.3, 0.4) is 0 Å². The summed E-state index contributed by atoms with van der Waals surface area (Å²) in [7, 11) is 0.697. The number of aromatic nitrogens is 1. The number of hydrogen-bond donors (Lipinski definition) is 1. The van der Waals surface area contributed by atoms with Crippen LogP contribution in [0.25, 0.3) is 10.9 Å². The fourth-order valence-electron chi connectivity index (χ4n) is 2.26. The summed E-state index contributed by atoms with van der Waals surface area (Å²) in [6, 6.07) is 4.79. The third-order valence-electron chi connectivity index (χ3n) is 3.49. The number of nitrogens with one attached hydrogen (secondary N) is 1. The van der Waals surface area contributed by atoms with Crippen molar-refractivity contribution in [2.45, 2.75) is 11.8 Å². The molecule has 0 aliphatic rings. The van der Waals surface area contributed by atoms with Crippen molar-refractivity contribution in [3.8, 4) is 0 Å². The second kappa shape index (κ2) is 6.65. The third-order valence-corrected chi connectivity index (χ3v) is 7.07. The number of ketones is 1. The zero-order valence-electron chi connectivity index (χ0n) is 13.7. The molecule has 7 nitrogen and oxygen atoms in total. The maximum absolute atomic E-state index is 12.6. The van der Waals surface area contributed by atoms with E-state index in [2.05, 4.69) is 4.98 Å². The first-order valence-electron chi connectivity index (χ1n) is 6.88. The Bertz CT molecular complexity index is 900. The van der Waals surface area contributed by atoms with E-state index in [1.165, 1.54) is 27.1 Å². The molecule has 1 N–H and O–H groups in total. The van der Waals surface area contributed by atoms with E-state index in [1.807, 2.05) is 0 Å². The molecule has 0 aliphatic carbocycles. The van der Waals surface area contributed by atoms with Crippen molar-refractivity contribution < 1.29 is 61.2 Å². The number of fused-ring (bicyclic) bond motifs is 1. The van der Waals surface area contributed by atoms with Crippen LogP contribution in [-0.2, 0) is 10.0 Å². The summed E-state index contributed by atoms with van der Waals surface area (Å²) in [6.45, 7) is 1.31. The summed E-state index contributed by atoms with van der Waals surface area (Å²) >= 11 is -0.141. The molecule has 0 bridgehead atoms. The minimum atomic E-state index is -3.83. The van der Waals surface area contributed by atoms with Gasteiger partial charge >= 0.3 is 166 Å². The fraction of sp³-hybridized carbons (Fsp3) is 0.286. The number of rotatable bonds is 4. The number of Topliss-reactive ketones (excluding diaryl/α,β-unsaturated/α-hetero) is 1. The van der Waals surface area contributed by atoms with Crippen molar-refractivity contribution in [1.82, 2.24) is 9.72 Å². The van der Waals surface area contributed by atoms with Crippen LogP contribution in [0.5, 0.6) is 0 Å². The molecule has 0 atom stereocenters. The average molecular weight is 549 g/mol. The van der Waals surface area contributed by atoms with Gasteiger partial charge in [-0.1, -0.05) is 0 Å². The van der Waals surface area contributed by atoms with Crippen LogP contribution in [-0.4, -0.2) is 51.0 Å². The molecule has 0 radical (unpaired) electrons. The van der Waals surface area contributed by atoms with E-state index in [4.69, 9.17) is 0 Å². The summed E-state index contributed by atoms with van der Waals surface area (Å²) in [4.78, 5) is 26.8. The van der Waals surface area contributed by atoms with E-state index >= 15 is 0 Å². The molecule has 1 amide bonds. The van der Waals surface area contributed by atoms with Crippen LogP contribution in [0.1, 0.15) is 27.8 Å². The Morgan fingerprint density at radius 3 is 2.26 bits per heavy atom. The van der Waals surface area contributed by atoms with E-state index in [0.29, 0.717) is 16.5 Å². The number of sulfonamides is 1. The summed E-state index contributed by atoms with van der Waals surface area (Å²) in [5, 5.41) is 0.356. The summed E-state index contributed by atoms with van der Waals surface area (Å²) < 4.78 is 27.9. The molecule has 0 saturated carbocycles. The molecule has 1 heterocycles. The molecule has 120 valence electrons. The van der Waals surface area contributed by atoms with Crippen molar-refractivity contribution in [2.75, 3.05) is 21.1 Å². The normalized spacial score (nSPS) is 11.8. The molecule has 1 aromatic carbocycles. The van der Waals surface area contributed by atoms with Crippen LogP contribution < -0.4 is 0 Å². The number of aromatic amines is 1. The molecule has 23 heavy (non-hydrogen) atoms. The molecule has 2 rings (SSSR count). The van der Waals surface area contributed by atoms with Gasteiger partial charge in [0.1, 0.15) is 0 Å². The van der Waals surface area contributed by atoms with Crippen LogP contribution in [0.2, 0.25) is 0 Å². The van der Waals surface area contributed by atoms with Gasteiger partial charge in [0.2, 0.25) is 0 Å². The Morgan fingerprint density at radius 2 is 1.78 bits per heavy atom. The summed E-state index contributed by atoms with van der Waals surface area (Å²) in [5.41, 5.74) is 0.952. The second-order valence-corrected chi connectivity index (χ2v) is 13.2. The van der Waals surface area contributed by atoms with Gasteiger partial charge in [0.25, 0.3) is 0 Å². The van der Waals surface area contributed by atoms with Crippen LogP contribution in [0, 0.1) is 43.2 Å². The fourth-order valence-corrected chi connectivity index (χ4v) is 4.58. The zero-order chi connectivity index (χ0) is 17.5. The zero-order valence-corrected chi connectivity index (χ0v) is 22.7. The number of nitrogens with zero attached hydrogens (tertiary/aromatic N) is 2. The van der Waals surface area contributed by atoms with Crippen molar-refractivity contribution in [3.63, 3.8) is 0 Å². The predicted molar refractivity (Wildman–Crippen MR) is 82.7 cm³/mol. The number of carbonyl (C=O) groups excluding carboxylic acids is 2. The number of benzene rings is 1. The van der Waals surface area contributed by atoms with Gasteiger partial charge in [-0.15, -0.1) is 0 Å². The first-order chi connectivity index (χ1) is 10.6. The Labute approximate surface area is 164 Å². The van der Waals surface area contributed by atoms with Crippen molar-refractivity contribution in [2.24, 2.45) is 0 Å². The Kier molecular flexibility index (Phi) is 5.38. The minimum absolute atomic E-state index is 0.0312. The van der Waals surface area contributed by atoms with Gasteiger partial charge in [0, 0.05) is 0 Å². The molecule has 2 aromatic rings. The van der Waals surface area contributed by atoms with E-state index in [1.54, 1.807) is 19.6 Å². The second-order valence-electron chi connectivity index (χ2n) is 5.63. The van der Waals surface area contributed by atoms with Gasteiger partial charge in [-0.05, 0) is 0 Å². The molecular weight excluding hydrogens is 532 g/mol. The first kappa shape index (κ1) is 18.6. The van der Waals surface area contributed by atoms with E-state index in [9.17, 15) is 18.0 Å². The van der Waals surface area contributed by atoms with E-state index in [-0.39, 0.29) is 65.5 Å². The van der Waals surface area contributed by atoms with Gasteiger partial charge in [-0.2, -0.15) is 0 Å². The number of H-pyrrole nitrogens is 1.